The van der Waals surface area contributed by atoms with Gasteiger partial charge in [-0.15, -0.1) is 0 Å². The number of benzene rings is 3. The summed E-state index contributed by atoms with van der Waals surface area (Å²) >= 11 is 0. The molecule has 1 atom stereocenters. The number of ether oxygens (including phenoxy) is 1. The monoisotopic (exact) mass is 431 g/mol. The molecule has 3 aromatic rings. The third kappa shape index (κ3) is 4.09. The van der Waals surface area contributed by atoms with Gasteiger partial charge < -0.3 is 19.8 Å². The molecule has 6 nitrogen and oxygen atoms in total. The Kier molecular flexibility index (Phi) is 5.97. The number of hydrogen-bond acceptors (Lipinski definition) is 5. The Hall–Kier alpha value is -3.64. The Morgan fingerprint density at radius 3 is 2.38 bits per heavy atom. The number of rotatable bonds is 6. The largest absolute Gasteiger partial charge is 0.508 e. The lowest BCUT2D eigenvalue weighted by atomic mass is 9.94. The van der Waals surface area contributed by atoms with Crippen LogP contribution in [0.1, 0.15) is 31.0 Å². The third-order valence-corrected chi connectivity index (χ3v) is 5.56. The number of aromatic hydroxyl groups is 1. The van der Waals surface area contributed by atoms with Gasteiger partial charge in [0.25, 0.3) is 11.7 Å². The first-order valence-electron chi connectivity index (χ1n) is 10.5. The highest BCUT2D eigenvalue weighted by Crippen LogP contribution is 2.40. The average molecular weight is 431 g/mol. The minimum Gasteiger partial charge on any atom is -0.508 e. The quantitative estimate of drug-likeness (QED) is 0.343. The number of Topliss-reactive ketones (excluding diaryl/α,β-unsaturated/α-hetero) is 1. The van der Waals surface area contributed by atoms with Crippen molar-refractivity contribution in [3.63, 3.8) is 0 Å². The Morgan fingerprint density at radius 1 is 1.00 bits per heavy atom. The van der Waals surface area contributed by atoms with Gasteiger partial charge in [0.2, 0.25) is 0 Å². The van der Waals surface area contributed by atoms with Gasteiger partial charge in [0, 0.05) is 12.1 Å². The van der Waals surface area contributed by atoms with E-state index in [1.807, 2.05) is 44.2 Å². The molecule has 0 aromatic heterocycles. The van der Waals surface area contributed by atoms with E-state index in [-0.39, 0.29) is 36.3 Å². The Morgan fingerprint density at radius 2 is 1.69 bits per heavy atom. The van der Waals surface area contributed by atoms with Crippen molar-refractivity contribution in [1.29, 1.82) is 0 Å². The van der Waals surface area contributed by atoms with Gasteiger partial charge in [0.05, 0.1) is 24.3 Å². The molecule has 0 saturated carbocycles. The molecule has 0 spiro atoms. The first-order valence-corrected chi connectivity index (χ1v) is 10.5. The lowest BCUT2D eigenvalue weighted by Gasteiger charge is -2.25. The Labute approximate surface area is 186 Å². The number of phenols is 1. The standard InChI is InChI=1S/C26H25NO5/c1-16(2)32-14-13-27-23(18-9-11-21(28)12-10-18)22(25(30)26(27)31)24(29)20-8-7-17-5-3-4-6-19(17)15-20/h3-12,15-16,23,28-29H,13-14H2,1-2H3/b24-22-. The number of fused-ring (bicyclic) bond motifs is 1. The number of phenolic OH excluding ortho intramolecular Hbond substituents is 1. The number of nitrogens with zero attached hydrogens (tertiary/aromatic N) is 1. The van der Waals surface area contributed by atoms with Crippen molar-refractivity contribution >= 4 is 28.2 Å². The van der Waals surface area contributed by atoms with E-state index in [9.17, 15) is 19.8 Å². The number of aliphatic hydroxyl groups is 1. The maximum atomic E-state index is 13.0. The number of carbonyl (C=O) groups is 2. The smallest absolute Gasteiger partial charge is 0.295 e. The van der Waals surface area contributed by atoms with E-state index >= 15 is 0 Å². The van der Waals surface area contributed by atoms with Crippen LogP contribution in [-0.2, 0) is 14.3 Å². The molecule has 32 heavy (non-hydrogen) atoms. The molecule has 1 saturated heterocycles. The van der Waals surface area contributed by atoms with Crippen LogP contribution >= 0.6 is 0 Å². The van der Waals surface area contributed by atoms with Gasteiger partial charge in [-0.05, 0) is 48.4 Å². The molecule has 2 N–H and O–H groups in total. The number of hydrogen-bond donors (Lipinski definition) is 2. The second-order valence-electron chi connectivity index (χ2n) is 8.07. The summed E-state index contributed by atoms with van der Waals surface area (Å²) in [6.45, 7) is 4.24. The van der Waals surface area contributed by atoms with Gasteiger partial charge >= 0.3 is 0 Å². The summed E-state index contributed by atoms with van der Waals surface area (Å²) < 4.78 is 5.60. The molecule has 1 aliphatic heterocycles. The minimum atomic E-state index is -0.780. The highest BCUT2D eigenvalue weighted by atomic mass is 16.5. The van der Waals surface area contributed by atoms with E-state index in [0.717, 1.165) is 10.8 Å². The van der Waals surface area contributed by atoms with E-state index in [0.29, 0.717) is 11.1 Å². The summed E-state index contributed by atoms with van der Waals surface area (Å²) in [6.07, 6.45) is -0.0171. The lowest BCUT2D eigenvalue weighted by molar-refractivity contribution is -0.140. The van der Waals surface area contributed by atoms with Crippen LogP contribution in [0, 0.1) is 0 Å². The average Bonchev–Trinajstić information content (AvgIpc) is 3.03. The zero-order chi connectivity index (χ0) is 22.8. The summed E-state index contributed by atoms with van der Waals surface area (Å²) in [6, 6.07) is 18.6. The Balaban J connectivity index is 1.81. The predicted octanol–water partition coefficient (Wildman–Crippen LogP) is 4.39. The van der Waals surface area contributed by atoms with Gasteiger partial charge in [-0.3, -0.25) is 9.59 Å². The minimum absolute atomic E-state index is 0.0171. The molecule has 0 radical (unpaired) electrons. The predicted molar refractivity (Wildman–Crippen MR) is 122 cm³/mol. The van der Waals surface area contributed by atoms with Crippen LogP contribution in [0.25, 0.3) is 16.5 Å². The fourth-order valence-corrected chi connectivity index (χ4v) is 3.99. The van der Waals surface area contributed by atoms with Crippen molar-refractivity contribution in [1.82, 2.24) is 4.90 Å². The van der Waals surface area contributed by atoms with Crippen LogP contribution in [-0.4, -0.2) is 46.1 Å². The molecule has 1 amide bonds. The van der Waals surface area contributed by atoms with E-state index in [1.54, 1.807) is 24.3 Å². The zero-order valence-electron chi connectivity index (χ0n) is 18.0. The van der Waals surface area contributed by atoms with Crippen LogP contribution in [0.2, 0.25) is 0 Å². The molecule has 3 aromatic carbocycles. The molecule has 1 unspecified atom stereocenters. The van der Waals surface area contributed by atoms with Gasteiger partial charge in [-0.25, -0.2) is 0 Å². The number of ketones is 1. The molecule has 164 valence electrons. The van der Waals surface area contributed by atoms with Gasteiger partial charge in [-0.2, -0.15) is 0 Å². The molecular weight excluding hydrogens is 406 g/mol. The van der Waals surface area contributed by atoms with E-state index in [2.05, 4.69) is 0 Å². The maximum Gasteiger partial charge on any atom is 0.295 e. The number of likely N-dealkylation sites (tertiary alicyclic amines) is 1. The first-order chi connectivity index (χ1) is 15.4. The molecule has 6 heteroatoms. The van der Waals surface area contributed by atoms with Crippen LogP contribution in [0.3, 0.4) is 0 Å². The van der Waals surface area contributed by atoms with E-state index in [1.165, 1.54) is 17.0 Å². The molecular formula is C26H25NO5. The lowest BCUT2D eigenvalue weighted by Crippen LogP contribution is -2.33. The summed E-state index contributed by atoms with van der Waals surface area (Å²) in [5.74, 6) is -1.57. The normalized spacial score (nSPS) is 18.1. The van der Waals surface area contributed by atoms with Crippen molar-refractivity contribution in [2.24, 2.45) is 0 Å². The highest BCUT2D eigenvalue weighted by molar-refractivity contribution is 6.46. The summed E-state index contributed by atoms with van der Waals surface area (Å²) in [4.78, 5) is 27.4. The van der Waals surface area contributed by atoms with E-state index in [4.69, 9.17) is 4.74 Å². The summed E-state index contributed by atoms with van der Waals surface area (Å²) in [5, 5.41) is 22.8. The van der Waals surface area contributed by atoms with Gasteiger partial charge in [0.15, 0.2) is 0 Å². The van der Waals surface area contributed by atoms with Crippen molar-refractivity contribution < 1.29 is 24.5 Å². The Bertz CT molecular complexity index is 1200. The number of amides is 1. The molecule has 4 rings (SSSR count). The third-order valence-electron chi connectivity index (χ3n) is 5.56. The summed E-state index contributed by atoms with van der Waals surface area (Å²) in [7, 11) is 0. The summed E-state index contributed by atoms with van der Waals surface area (Å²) in [5.41, 5.74) is 1.11. The van der Waals surface area contributed by atoms with Crippen molar-refractivity contribution in [3.05, 3.63) is 83.4 Å². The molecule has 1 aliphatic rings. The van der Waals surface area contributed by atoms with Crippen LogP contribution in [0.5, 0.6) is 5.75 Å². The van der Waals surface area contributed by atoms with Crippen LogP contribution < -0.4 is 0 Å². The van der Waals surface area contributed by atoms with E-state index < -0.39 is 17.7 Å². The molecule has 0 bridgehead atoms. The van der Waals surface area contributed by atoms with Crippen molar-refractivity contribution in [3.8, 4) is 5.75 Å². The van der Waals surface area contributed by atoms with Gasteiger partial charge in [-0.1, -0.05) is 48.5 Å². The SMILES string of the molecule is CC(C)OCCN1C(=O)C(=O)/C(=C(\O)c2ccc3ccccc3c2)C1c1ccc(O)cc1. The number of carbonyl (C=O) groups excluding carboxylic acids is 2. The second-order valence-corrected chi connectivity index (χ2v) is 8.07. The van der Waals surface area contributed by atoms with Crippen LogP contribution in [0.15, 0.2) is 72.3 Å². The topological polar surface area (TPSA) is 87.1 Å². The molecule has 1 heterocycles. The number of aliphatic hydroxyl groups excluding tert-OH is 1. The fourth-order valence-electron chi connectivity index (χ4n) is 3.99. The van der Waals surface area contributed by atoms with Crippen molar-refractivity contribution in [2.45, 2.75) is 26.0 Å². The fraction of sp³-hybridized carbons (Fsp3) is 0.231. The molecule has 0 aliphatic carbocycles. The second kappa shape index (κ2) is 8.85. The van der Waals surface area contributed by atoms with Gasteiger partial charge in [0.1, 0.15) is 11.5 Å². The highest BCUT2D eigenvalue weighted by Gasteiger charge is 2.45. The van der Waals surface area contributed by atoms with Crippen LogP contribution in [0.4, 0.5) is 0 Å². The maximum absolute atomic E-state index is 13.0. The zero-order valence-corrected chi connectivity index (χ0v) is 18.0. The van der Waals surface area contributed by atoms with Crippen molar-refractivity contribution in [2.75, 3.05) is 13.2 Å². The molecule has 1 fully saturated rings. The first kappa shape index (κ1) is 21.6.